The lowest BCUT2D eigenvalue weighted by molar-refractivity contribution is -0.119. The fraction of sp³-hybridized carbons (Fsp3) is 0.355. The molecule has 1 atom stereocenters. The van der Waals surface area contributed by atoms with Crippen LogP contribution in [0.1, 0.15) is 24.2 Å². The molecular formula is C31H33Cl2N7O3. The van der Waals surface area contributed by atoms with Crippen LogP contribution in [0.5, 0.6) is 5.88 Å². The van der Waals surface area contributed by atoms with E-state index < -0.39 is 0 Å². The molecule has 6 rings (SSSR count). The molecule has 12 heteroatoms. The Balaban J connectivity index is 1.26. The molecule has 0 unspecified atom stereocenters. The first-order chi connectivity index (χ1) is 21.0. The van der Waals surface area contributed by atoms with Gasteiger partial charge in [-0.15, -0.1) is 10.2 Å². The van der Waals surface area contributed by atoms with Gasteiger partial charge in [0.2, 0.25) is 11.8 Å². The molecule has 0 saturated carbocycles. The normalized spacial score (nSPS) is 16.7. The van der Waals surface area contributed by atoms with Crippen molar-refractivity contribution in [3.63, 3.8) is 0 Å². The quantitative estimate of drug-likeness (QED) is 0.242. The molecule has 2 aliphatic heterocycles. The average molecular weight is 623 g/mol. The van der Waals surface area contributed by atoms with E-state index in [2.05, 4.69) is 30.3 Å². The van der Waals surface area contributed by atoms with Gasteiger partial charge < -0.3 is 25.0 Å². The number of carbonyl (C=O) groups excluding carboxylic acids is 1. The Bertz CT molecular complexity index is 1640. The second-order valence-electron chi connectivity index (χ2n) is 10.7. The fourth-order valence-electron chi connectivity index (χ4n) is 5.73. The van der Waals surface area contributed by atoms with E-state index >= 15 is 0 Å². The number of aliphatic hydroxyl groups is 1. The fourth-order valence-corrected chi connectivity index (χ4v) is 6.37. The van der Waals surface area contributed by atoms with E-state index in [-0.39, 0.29) is 18.6 Å². The number of carbonyl (C=O) groups is 1. The van der Waals surface area contributed by atoms with Crippen molar-refractivity contribution in [1.29, 1.82) is 0 Å². The van der Waals surface area contributed by atoms with Crippen molar-refractivity contribution in [1.82, 2.24) is 35.3 Å². The van der Waals surface area contributed by atoms with Crippen LogP contribution in [0, 0.1) is 0 Å². The van der Waals surface area contributed by atoms with Gasteiger partial charge in [0.1, 0.15) is 5.82 Å². The van der Waals surface area contributed by atoms with Gasteiger partial charge in [-0.05, 0) is 18.6 Å². The monoisotopic (exact) mass is 621 g/mol. The molecule has 1 saturated heterocycles. The van der Waals surface area contributed by atoms with Crippen LogP contribution in [0.3, 0.4) is 0 Å². The van der Waals surface area contributed by atoms with Crippen LogP contribution in [0.2, 0.25) is 10.0 Å². The summed E-state index contributed by atoms with van der Waals surface area (Å²) in [6.45, 7) is 4.10. The van der Waals surface area contributed by atoms with Gasteiger partial charge in [-0.25, -0.2) is 4.98 Å². The number of halogens is 2. The summed E-state index contributed by atoms with van der Waals surface area (Å²) in [5.74, 6) is 2.17. The van der Waals surface area contributed by atoms with Gasteiger partial charge in [-0.3, -0.25) is 9.69 Å². The molecule has 10 nitrogen and oxygen atoms in total. The number of hydrogen-bond acceptors (Lipinski definition) is 8. The van der Waals surface area contributed by atoms with Gasteiger partial charge >= 0.3 is 0 Å². The van der Waals surface area contributed by atoms with Gasteiger partial charge in [0.25, 0.3) is 0 Å². The number of aliphatic hydroxyl groups excluding tert-OH is 1. The van der Waals surface area contributed by atoms with Gasteiger partial charge in [0.05, 0.1) is 36.0 Å². The molecule has 1 fully saturated rings. The summed E-state index contributed by atoms with van der Waals surface area (Å²) in [4.78, 5) is 18.4. The van der Waals surface area contributed by atoms with Crippen LogP contribution in [0.25, 0.3) is 33.8 Å². The lowest BCUT2D eigenvalue weighted by Crippen LogP contribution is -2.35. The average Bonchev–Trinajstić information content (AvgIpc) is 3.63. The van der Waals surface area contributed by atoms with Crippen molar-refractivity contribution in [3.8, 4) is 39.7 Å². The van der Waals surface area contributed by atoms with Crippen LogP contribution >= 0.6 is 23.2 Å². The first-order valence-corrected chi connectivity index (χ1v) is 15.1. The third-order valence-electron chi connectivity index (χ3n) is 7.98. The van der Waals surface area contributed by atoms with Crippen LogP contribution in [0.15, 0.2) is 48.5 Å². The number of fused-ring (bicyclic) bond motifs is 1. The Labute approximate surface area is 260 Å². The topological polar surface area (TPSA) is 117 Å². The molecular weight excluding hydrogens is 589 g/mol. The van der Waals surface area contributed by atoms with Crippen molar-refractivity contribution >= 4 is 29.1 Å². The zero-order chi connectivity index (χ0) is 29.9. The molecule has 0 radical (unpaired) electrons. The van der Waals surface area contributed by atoms with Crippen molar-refractivity contribution in [3.05, 3.63) is 70.0 Å². The van der Waals surface area contributed by atoms with Crippen molar-refractivity contribution in [2.75, 3.05) is 33.4 Å². The summed E-state index contributed by atoms with van der Waals surface area (Å²) < 4.78 is 7.72. The lowest BCUT2D eigenvalue weighted by atomic mass is 9.98. The molecule has 2 aromatic heterocycles. The number of aromatic nitrogens is 4. The molecule has 224 valence electrons. The maximum Gasteiger partial charge on any atom is 0.220 e. The predicted octanol–water partition coefficient (Wildman–Crippen LogP) is 4.17. The van der Waals surface area contributed by atoms with E-state index in [0.717, 1.165) is 46.6 Å². The minimum absolute atomic E-state index is 0.103. The highest BCUT2D eigenvalue weighted by atomic mass is 35.5. The standard InChI is InChI=1S/C31H33Cl2N7O3/c1-43-31-19(16-34-17-20-9-11-27(42)35-20)8-10-25(36-31)23-6-2-4-21(28(23)32)22-5-3-7-24(29(22)33)30-38-37-26-18-39(14-15-41)12-13-40(26)30/h2-8,10,20,34,41H,9,11-18H2,1H3,(H,35,42)/t20-/m0/s1. The number of methoxy groups -OCH3 is 1. The molecule has 2 aliphatic rings. The summed E-state index contributed by atoms with van der Waals surface area (Å²) >= 11 is 14.1. The minimum atomic E-state index is 0.103. The van der Waals surface area contributed by atoms with E-state index in [4.69, 9.17) is 32.9 Å². The molecule has 1 amide bonds. The van der Waals surface area contributed by atoms with E-state index in [0.29, 0.717) is 66.6 Å². The number of benzene rings is 2. The number of nitrogens with zero attached hydrogens (tertiary/aromatic N) is 5. The smallest absolute Gasteiger partial charge is 0.220 e. The van der Waals surface area contributed by atoms with Crippen LogP contribution in [-0.4, -0.2) is 75.1 Å². The summed E-state index contributed by atoms with van der Waals surface area (Å²) in [6, 6.07) is 15.7. The highest BCUT2D eigenvalue weighted by molar-refractivity contribution is 6.39. The van der Waals surface area contributed by atoms with E-state index in [9.17, 15) is 9.90 Å². The van der Waals surface area contributed by atoms with Crippen molar-refractivity contribution < 1.29 is 14.6 Å². The molecule has 2 aromatic carbocycles. The largest absolute Gasteiger partial charge is 0.481 e. The van der Waals surface area contributed by atoms with Crippen LogP contribution in [0.4, 0.5) is 0 Å². The minimum Gasteiger partial charge on any atom is -0.481 e. The second kappa shape index (κ2) is 13.0. The molecule has 3 N–H and O–H groups in total. The van der Waals surface area contributed by atoms with Gasteiger partial charge in [-0.1, -0.05) is 59.6 Å². The predicted molar refractivity (Wildman–Crippen MR) is 166 cm³/mol. The summed E-state index contributed by atoms with van der Waals surface area (Å²) in [6.07, 6.45) is 1.42. The van der Waals surface area contributed by atoms with Crippen LogP contribution < -0.4 is 15.4 Å². The first-order valence-electron chi connectivity index (χ1n) is 14.3. The van der Waals surface area contributed by atoms with E-state index in [1.54, 1.807) is 7.11 Å². The van der Waals surface area contributed by atoms with Gasteiger partial charge in [0, 0.05) is 73.0 Å². The molecule has 4 aromatic rings. The third kappa shape index (κ3) is 6.11. The Kier molecular flexibility index (Phi) is 8.92. The Hall–Kier alpha value is -3.54. The number of pyridine rings is 1. The summed E-state index contributed by atoms with van der Waals surface area (Å²) in [5, 5.41) is 25.6. The third-order valence-corrected chi connectivity index (χ3v) is 8.79. The van der Waals surface area contributed by atoms with Crippen LogP contribution in [-0.2, 0) is 24.4 Å². The molecule has 43 heavy (non-hydrogen) atoms. The molecule has 0 aliphatic carbocycles. The number of amides is 1. The Morgan fingerprint density at radius 3 is 2.49 bits per heavy atom. The SMILES string of the molecule is COc1nc(-c2cccc(-c3cccc(-c4nnc5n4CCN(CCO)C5)c3Cl)c2Cl)ccc1CNC[C@@H]1CCC(=O)N1. The van der Waals surface area contributed by atoms with Crippen molar-refractivity contribution in [2.24, 2.45) is 0 Å². The maximum atomic E-state index is 11.5. The Morgan fingerprint density at radius 2 is 1.77 bits per heavy atom. The summed E-state index contributed by atoms with van der Waals surface area (Å²) in [5.41, 5.74) is 4.70. The molecule has 4 heterocycles. The number of nitrogens with one attached hydrogen (secondary N) is 2. The number of β-amino-alcohol motifs (C(OH)–C–C–N with tert-alkyl or cyclic N) is 1. The maximum absolute atomic E-state index is 11.5. The summed E-state index contributed by atoms with van der Waals surface area (Å²) in [7, 11) is 1.60. The number of rotatable bonds is 10. The molecule has 0 spiro atoms. The van der Waals surface area contributed by atoms with Gasteiger partial charge in [-0.2, -0.15) is 0 Å². The molecule has 0 bridgehead atoms. The zero-order valence-electron chi connectivity index (χ0n) is 23.8. The number of ether oxygens (including phenoxy) is 1. The first kappa shape index (κ1) is 29.5. The van der Waals surface area contributed by atoms with Crippen molar-refractivity contribution in [2.45, 2.75) is 38.5 Å². The second-order valence-corrected chi connectivity index (χ2v) is 11.5. The van der Waals surface area contributed by atoms with Gasteiger partial charge in [0.15, 0.2) is 5.82 Å². The Morgan fingerprint density at radius 1 is 1.02 bits per heavy atom. The highest BCUT2D eigenvalue weighted by Crippen LogP contribution is 2.42. The lowest BCUT2D eigenvalue weighted by Gasteiger charge is -2.27. The number of hydrogen-bond donors (Lipinski definition) is 3. The highest BCUT2D eigenvalue weighted by Gasteiger charge is 2.24. The zero-order valence-corrected chi connectivity index (χ0v) is 25.3. The van der Waals surface area contributed by atoms with E-state index in [1.807, 2.05) is 48.5 Å². The van der Waals surface area contributed by atoms with E-state index in [1.165, 1.54) is 0 Å².